The van der Waals surface area contributed by atoms with E-state index >= 15 is 0 Å². The van der Waals surface area contributed by atoms with E-state index in [0.717, 1.165) is 0 Å². The van der Waals surface area contributed by atoms with Crippen molar-refractivity contribution in [2.24, 2.45) is 5.92 Å². The van der Waals surface area contributed by atoms with E-state index in [0.29, 0.717) is 19.5 Å². The highest BCUT2D eigenvalue weighted by Crippen LogP contribution is 2.24. The first kappa shape index (κ1) is 17.6. The van der Waals surface area contributed by atoms with Crippen molar-refractivity contribution < 1.29 is 19.8 Å². The molecule has 1 amide bonds. The van der Waals surface area contributed by atoms with Crippen LogP contribution in [0.25, 0.3) is 0 Å². The number of hydrogen-bond acceptors (Lipinski definition) is 5. The Hall–Kier alpha value is -1.44. The lowest BCUT2D eigenvalue weighted by molar-refractivity contribution is -0.139. The second-order valence-corrected chi connectivity index (χ2v) is 5.51. The molecule has 0 aromatic carbocycles. The average molecular weight is 299 g/mol. The normalized spacial score (nSPS) is 26.6. The summed E-state index contributed by atoms with van der Waals surface area (Å²) in [5.74, 6) is -1.08. The van der Waals surface area contributed by atoms with E-state index in [1.54, 1.807) is 6.08 Å². The molecule has 0 spiro atoms. The Kier molecular flexibility index (Phi) is 6.80. The van der Waals surface area contributed by atoms with Crippen LogP contribution in [-0.4, -0.2) is 71.9 Å². The smallest absolute Gasteiger partial charge is 0.320 e. The quantitative estimate of drug-likeness (QED) is 0.430. The third kappa shape index (κ3) is 5.11. The van der Waals surface area contributed by atoms with Gasteiger partial charge in [0.15, 0.2) is 0 Å². The van der Waals surface area contributed by atoms with Crippen molar-refractivity contribution in [2.45, 2.75) is 31.5 Å². The van der Waals surface area contributed by atoms with Crippen LogP contribution in [0.15, 0.2) is 12.7 Å². The summed E-state index contributed by atoms with van der Waals surface area (Å²) in [5.41, 5.74) is 0. The van der Waals surface area contributed by atoms with Crippen molar-refractivity contribution >= 4 is 11.9 Å². The van der Waals surface area contributed by atoms with Gasteiger partial charge in [-0.15, -0.1) is 6.58 Å². The standard InChI is InChI=1S/C14H25N3O4/c1-4-10-7-11(14(20)21)16-13(10)12(15-9(2)19)8-17(3)5-6-18/h4,10-13,16,18H,1,5-8H2,2-3H3,(H,15,19)(H,20,21)/t10-,11-,12+,13?/m1/s1. The van der Waals surface area contributed by atoms with E-state index in [9.17, 15) is 9.59 Å². The first-order valence-electron chi connectivity index (χ1n) is 7.07. The highest BCUT2D eigenvalue weighted by Gasteiger charge is 2.40. The second kappa shape index (κ2) is 8.11. The molecule has 1 rings (SSSR count). The molecule has 0 aromatic heterocycles. The van der Waals surface area contributed by atoms with Gasteiger partial charge in [0.1, 0.15) is 6.04 Å². The topological polar surface area (TPSA) is 102 Å². The summed E-state index contributed by atoms with van der Waals surface area (Å²) >= 11 is 0. The Balaban J connectivity index is 2.82. The maximum absolute atomic E-state index is 11.4. The van der Waals surface area contributed by atoms with E-state index in [-0.39, 0.29) is 30.5 Å². The van der Waals surface area contributed by atoms with Gasteiger partial charge in [0.05, 0.1) is 12.6 Å². The fraction of sp³-hybridized carbons (Fsp3) is 0.714. The van der Waals surface area contributed by atoms with Crippen LogP contribution in [0.3, 0.4) is 0 Å². The number of carbonyl (C=O) groups is 2. The van der Waals surface area contributed by atoms with Crippen LogP contribution >= 0.6 is 0 Å². The lowest BCUT2D eigenvalue weighted by atomic mass is 9.93. The fourth-order valence-electron chi connectivity index (χ4n) is 2.78. The van der Waals surface area contributed by atoms with Gasteiger partial charge in [-0.1, -0.05) is 6.08 Å². The van der Waals surface area contributed by atoms with E-state index < -0.39 is 12.0 Å². The molecule has 4 N–H and O–H groups in total. The highest BCUT2D eigenvalue weighted by atomic mass is 16.4. The molecule has 0 saturated carbocycles. The fourth-order valence-corrected chi connectivity index (χ4v) is 2.78. The van der Waals surface area contributed by atoms with Crippen LogP contribution in [-0.2, 0) is 9.59 Å². The molecule has 0 aromatic rings. The minimum Gasteiger partial charge on any atom is -0.480 e. The third-order valence-electron chi connectivity index (χ3n) is 3.78. The van der Waals surface area contributed by atoms with Crippen LogP contribution in [0, 0.1) is 5.92 Å². The molecule has 21 heavy (non-hydrogen) atoms. The monoisotopic (exact) mass is 299 g/mol. The second-order valence-electron chi connectivity index (χ2n) is 5.51. The lowest BCUT2D eigenvalue weighted by Gasteiger charge is -2.31. The van der Waals surface area contributed by atoms with E-state index in [2.05, 4.69) is 17.2 Å². The molecular formula is C14H25N3O4. The number of nitrogens with zero attached hydrogens (tertiary/aromatic N) is 1. The molecule has 1 aliphatic rings. The van der Waals surface area contributed by atoms with Crippen molar-refractivity contribution in [1.82, 2.24) is 15.5 Å². The largest absolute Gasteiger partial charge is 0.480 e. The Labute approximate surface area is 125 Å². The predicted octanol–water partition coefficient (Wildman–Crippen LogP) is -0.967. The highest BCUT2D eigenvalue weighted by molar-refractivity contribution is 5.75. The molecule has 1 saturated heterocycles. The molecule has 1 aliphatic heterocycles. The molecule has 7 heteroatoms. The van der Waals surface area contributed by atoms with Crippen LogP contribution in [0.2, 0.25) is 0 Å². The molecule has 7 nitrogen and oxygen atoms in total. The summed E-state index contributed by atoms with van der Waals surface area (Å²) in [6, 6.07) is -1.06. The van der Waals surface area contributed by atoms with Crippen LogP contribution < -0.4 is 10.6 Å². The molecule has 0 aliphatic carbocycles. The van der Waals surface area contributed by atoms with Crippen molar-refractivity contribution in [3.05, 3.63) is 12.7 Å². The summed E-state index contributed by atoms with van der Waals surface area (Å²) in [4.78, 5) is 24.5. The molecule has 1 heterocycles. The van der Waals surface area contributed by atoms with Gasteiger partial charge in [0.2, 0.25) is 5.91 Å². The summed E-state index contributed by atoms with van der Waals surface area (Å²) in [5, 5.41) is 24.1. The zero-order chi connectivity index (χ0) is 16.0. The number of carbonyl (C=O) groups excluding carboxylic acids is 1. The minimum absolute atomic E-state index is 0.0227. The molecule has 0 bridgehead atoms. The Morgan fingerprint density at radius 3 is 2.71 bits per heavy atom. The number of aliphatic hydroxyl groups is 1. The third-order valence-corrected chi connectivity index (χ3v) is 3.78. The van der Waals surface area contributed by atoms with Crippen molar-refractivity contribution in [3.63, 3.8) is 0 Å². The summed E-state index contributed by atoms with van der Waals surface area (Å²) in [7, 11) is 1.84. The van der Waals surface area contributed by atoms with Gasteiger partial charge in [-0.3, -0.25) is 14.9 Å². The van der Waals surface area contributed by atoms with Gasteiger partial charge in [-0.2, -0.15) is 0 Å². The Bertz CT molecular complexity index is 388. The van der Waals surface area contributed by atoms with Gasteiger partial charge >= 0.3 is 5.97 Å². The number of carboxylic acids is 1. The number of amides is 1. The Morgan fingerprint density at radius 2 is 2.24 bits per heavy atom. The maximum atomic E-state index is 11.4. The molecule has 1 fully saturated rings. The first-order valence-corrected chi connectivity index (χ1v) is 7.07. The van der Waals surface area contributed by atoms with Gasteiger partial charge in [0.25, 0.3) is 0 Å². The number of likely N-dealkylation sites (N-methyl/N-ethyl adjacent to an activating group) is 1. The van der Waals surface area contributed by atoms with Gasteiger partial charge in [-0.05, 0) is 19.4 Å². The van der Waals surface area contributed by atoms with E-state index in [1.165, 1.54) is 6.92 Å². The van der Waals surface area contributed by atoms with Crippen LogP contribution in [0.4, 0.5) is 0 Å². The van der Waals surface area contributed by atoms with Crippen molar-refractivity contribution in [3.8, 4) is 0 Å². The predicted molar refractivity (Wildman–Crippen MR) is 78.8 cm³/mol. The van der Waals surface area contributed by atoms with Crippen molar-refractivity contribution in [2.75, 3.05) is 26.7 Å². The molecular weight excluding hydrogens is 274 g/mol. The SMILES string of the molecule is C=C[C@@H]1C[C@H](C(=O)O)NC1[C@H](CN(C)CCO)NC(C)=O. The number of nitrogens with one attached hydrogen (secondary N) is 2. The van der Waals surface area contributed by atoms with Crippen LogP contribution in [0.1, 0.15) is 13.3 Å². The summed E-state index contributed by atoms with van der Waals surface area (Å²) in [6.45, 7) is 6.24. The van der Waals surface area contributed by atoms with Crippen molar-refractivity contribution in [1.29, 1.82) is 0 Å². The first-order chi connectivity index (χ1) is 9.88. The molecule has 1 unspecified atom stereocenters. The minimum atomic E-state index is -0.894. The van der Waals surface area contributed by atoms with Gasteiger partial charge < -0.3 is 20.4 Å². The molecule has 4 atom stereocenters. The summed E-state index contributed by atoms with van der Waals surface area (Å²) < 4.78 is 0. The van der Waals surface area contributed by atoms with Crippen LogP contribution in [0.5, 0.6) is 0 Å². The van der Waals surface area contributed by atoms with E-state index in [4.69, 9.17) is 10.2 Å². The van der Waals surface area contributed by atoms with Gasteiger partial charge in [0, 0.05) is 26.1 Å². The number of aliphatic hydroxyl groups excluding tert-OH is 1. The number of hydrogen-bond donors (Lipinski definition) is 4. The zero-order valence-electron chi connectivity index (χ0n) is 12.6. The van der Waals surface area contributed by atoms with E-state index in [1.807, 2.05) is 11.9 Å². The molecule has 0 radical (unpaired) electrons. The maximum Gasteiger partial charge on any atom is 0.320 e. The number of aliphatic carboxylic acids is 1. The Morgan fingerprint density at radius 1 is 1.57 bits per heavy atom. The summed E-state index contributed by atoms with van der Waals surface area (Å²) in [6.07, 6.45) is 2.20. The number of rotatable bonds is 8. The zero-order valence-corrected chi connectivity index (χ0v) is 12.6. The number of carboxylic acid groups (broad SMARTS) is 1. The van der Waals surface area contributed by atoms with Gasteiger partial charge in [-0.25, -0.2) is 0 Å². The molecule has 120 valence electrons. The lowest BCUT2D eigenvalue weighted by Crippen LogP contribution is -2.55. The average Bonchev–Trinajstić information content (AvgIpc) is 2.81.